The van der Waals surface area contributed by atoms with E-state index >= 15 is 0 Å². The van der Waals surface area contributed by atoms with Crippen LogP contribution in [0.4, 0.5) is 0 Å². The van der Waals surface area contributed by atoms with Crippen molar-refractivity contribution in [2.75, 3.05) is 39.6 Å². The molecule has 0 aliphatic rings. The number of phosphoric ester groups is 2. The lowest BCUT2D eigenvalue weighted by Gasteiger charge is -2.21. The Balaban J connectivity index is 5.29. The Hall–Kier alpha value is -3.50. The molecule has 0 aromatic carbocycles. The number of rotatable bonds is 72. The van der Waals surface area contributed by atoms with Crippen LogP contribution >= 0.6 is 15.6 Å². The molecule has 19 heteroatoms. The third-order valence-corrected chi connectivity index (χ3v) is 18.1. The van der Waals surface area contributed by atoms with E-state index in [4.69, 9.17) is 37.0 Å². The van der Waals surface area contributed by atoms with Gasteiger partial charge in [0, 0.05) is 25.7 Å². The Morgan fingerprint density at radius 1 is 0.302 bits per heavy atom. The van der Waals surface area contributed by atoms with E-state index in [1.165, 1.54) is 96.3 Å². The fourth-order valence-corrected chi connectivity index (χ4v) is 11.9. The maximum absolute atomic E-state index is 13.1. The van der Waals surface area contributed by atoms with Crippen LogP contribution in [0, 0.1) is 0 Å². The van der Waals surface area contributed by atoms with Gasteiger partial charge in [-0.2, -0.15) is 0 Å². The van der Waals surface area contributed by atoms with E-state index in [0.29, 0.717) is 25.7 Å². The summed E-state index contributed by atoms with van der Waals surface area (Å²) in [4.78, 5) is 72.8. The molecule has 0 saturated heterocycles. The summed E-state index contributed by atoms with van der Waals surface area (Å²) in [7, 11) is -9.94. The molecule has 0 bridgehead atoms. The van der Waals surface area contributed by atoms with Crippen LogP contribution in [0.3, 0.4) is 0 Å². The van der Waals surface area contributed by atoms with Crippen LogP contribution in [0.1, 0.15) is 336 Å². The molecular weight excluding hydrogens is 1260 g/mol. The topological polar surface area (TPSA) is 237 Å². The fourth-order valence-electron chi connectivity index (χ4n) is 10.4. The molecule has 3 N–H and O–H groups in total. The van der Waals surface area contributed by atoms with Gasteiger partial charge in [0.2, 0.25) is 0 Å². The highest BCUT2D eigenvalue weighted by atomic mass is 31.2. The Morgan fingerprint density at radius 3 is 0.875 bits per heavy atom. The summed E-state index contributed by atoms with van der Waals surface area (Å²) in [5, 5.41) is 10.6. The van der Waals surface area contributed by atoms with Gasteiger partial charge in [0.15, 0.2) is 12.2 Å². The first-order valence-electron chi connectivity index (χ1n) is 38.2. The molecule has 0 amide bonds. The number of hydrogen-bond donors (Lipinski definition) is 3. The number of aliphatic hydroxyl groups is 1. The van der Waals surface area contributed by atoms with Gasteiger partial charge in [0.1, 0.15) is 19.3 Å². The van der Waals surface area contributed by atoms with Crippen molar-refractivity contribution in [3.63, 3.8) is 0 Å². The van der Waals surface area contributed by atoms with Crippen molar-refractivity contribution in [3.05, 3.63) is 72.9 Å². The number of phosphoric acid groups is 2. The summed E-state index contributed by atoms with van der Waals surface area (Å²) >= 11 is 0. The molecule has 17 nitrogen and oxygen atoms in total. The molecule has 0 aromatic heterocycles. The zero-order valence-corrected chi connectivity index (χ0v) is 62.6. The predicted molar refractivity (Wildman–Crippen MR) is 390 cm³/mol. The minimum Gasteiger partial charge on any atom is -0.462 e. The van der Waals surface area contributed by atoms with Gasteiger partial charge in [0.05, 0.1) is 26.4 Å². The Labute approximate surface area is 583 Å². The maximum Gasteiger partial charge on any atom is 0.472 e. The number of carbonyl (C=O) groups is 4. The number of aliphatic hydroxyl groups excluding tert-OH is 1. The van der Waals surface area contributed by atoms with Crippen LogP contribution < -0.4 is 0 Å². The van der Waals surface area contributed by atoms with E-state index in [1.807, 2.05) is 0 Å². The quantitative estimate of drug-likeness (QED) is 0.0169. The van der Waals surface area contributed by atoms with E-state index in [1.54, 1.807) is 0 Å². The van der Waals surface area contributed by atoms with Gasteiger partial charge in [0.25, 0.3) is 0 Å². The van der Waals surface area contributed by atoms with Gasteiger partial charge >= 0.3 is 39.5 Å². The number of unbranched alkanes of at least 4 members (excludes halogenated alkanes) is 34. The molecule has 558 valence electrons. The van der Waals surface area contributed by atoms with Crippen LogP contribution in [-0.2, 0) is 65.4 Å². The van der Waals surface area contributed by atoms with E-state index in [-0.39, 0.29) is 25.7 Å². The molecule has 0 aliphatic heterocycles. The zero-order chi connectivity index (χ0) is 70.4. The monoisotopic (exact) mass is 1400 g/mol. The molecule has 0 heterocycles. The van der Waals surface area contributed by atoms with E-state index < -0.39 is 97.5 Å². The Kier molecular flexibility index (Phi) is 67.4. The van der Waals surface area contributed by atoms with Crippen LogP contribution in [0.5, 0.6) is 0 Å². The van der Waals surface area contributed by atoms with E-state index in [9.17, 15) is 43.2 Å². The average molecular weight is 1400 g/mol. The first kappa shape index (κ1) is 92.5. The van der Waals surface area contributed by atoms with Gasteiger partial charge in [-0.05, 0) is 89.9 Å². The molecule has 0 saturated carbocycles. The SMILES string of the molecule is CC/C=C\C/C=C\C/C=C\C/C=C\CCCCCCCCC(=O)OCC(COP(=O)(O)OCC(O)COP(=O)(O)OCC(COC(=O)CCCCCCCCCCCCCCC)OC(=O)CCCCCCCCCCCCC)OC(=O)CCCCCCC/C=C\C/C=C\CCC. The lowest BCUT2D eigenvalue weighted by Crippen LogP contribution is -2.30. The average Bonchev–Trinajstić information content (AvgIpc) is 1.17. The Morgan fingerprint density at radius 2 is 0.562 bits per heavy atom. The molecule has 0 spiro atoms. The van der Waals surface area contributed by atoms with Crippen molar-refractivity contribution in [3.8, 4) is 0 Å². The number of carbonyl (C=O) groups excluding carboxylic acids is 4. The summed E-state index contributed by atoms with van der Waals surface area (Å²) in [6.45, 7) is 4.70. The minimum atomic E-state index is -4.97. The summed E-state index contributed by atoms with van der Waals surface area (Å²) in [5.41, 5.74) is 0. The molecule has 96 heavy (non-hydrogen) atoms. The lowest BCUT2D eigenvalue weighted by atomic mass is 10.0. The van der Waals surface area contributed by atoms with Crippen molar-refractivity contribution in [1.29, 1.82) is 0 Å². The highest BCUT2D eigenvalue weighted by molar-refractivity contribution is 7.47. The van der Waals surface area contributed by atoms with E-state index in [2.05, 4.69) is 101 Å². The second kappa shape index (κ2) is 70.0. The number of ether oxygens (including phenoxy) is 4. The van der Waals surface area contributed by atoms with Crippen LogP contribution in [0.15, 0.2) is 72.9 Å². The third-order valence-electron chi connectivity index (χ3n) is 16.2. The predicted octanol–water partition coefficient (Wildman–Crippen LogP) is 21.7. The van der Waals surface area contributed by atoms with Crippen molar-refractivity contribution in [2.24, 2.45) is 0 Å². The van der Waals surface area contributed by atoms with Crippen molar-refractivity contribution in [2.45, 2.75) is 354 Å². The second-order valence-electron chi connectivity index (χ2n) is 25.6. The second-order valence-corrected chi connectivity index (χ2v) is 28.5. The molecule has 0 aromatic rings. The molecular formula is C77H138O17P2. The Bertz CT molecular complexity index is 2110. The summed E-state index contributed by atoms with van der Waals surface area (Å²) in [5.74, 6) is -2.18. The standard InChI is InChI=1S/C77H138O17P2/c1-5-9-13-17-21-25-29-32-33-34-35-36-37-40-43-46-50-54-58-62-75(80)88-68-73(94-77(82)64-60-56-52-48-44-39-31-27-23-19-15-11-7-3)70-92-96(85,86)90-66-71(78)65-89-95(83,84)91-69-72(93-76(81)63-59-55-51-47-41-28-24-20-16-12-8-4)67-87-74(79)61-57-53-49-45-42-38-30-26-22-18-14-10-6-2/h9,13,15,19,21,25,27,31-33,35-36,71-73,78H,5-8,10-12,14,16-18,20,22-24,26,28-30,34,37-70H2,1-4H3,(H,83,84)(H,85,86)/b13-9-,19-15-,25-21-,31-27-,33-32-,36-35-. The normalized spacial score (nSPS) is 14.4. The molecule has 0 aliphatic carbocycles. The van der Waals surface area contributed by atoms with Gasteiger partial charge < -0.3 is 33.8 Å². The van der Waals surface area contributed by atoms with Crippen molar-refractivity contribution < 1.29 is 80.2 Å². The molecule has 5 unspecified atom stereocenters. The maximum atomic E-state index is 13.1. The smallest absolute Gasteiger partial charge is 0.462 e. The lowest BCUT2D eigenvalue weighted by molar-refractivity contribution is -0.161. The number of hydrogen-bond acceptors (Lipinski definition) is 15. The summed E-state index contributed by atoms with van der Waals surface area (Å²) < 4.78 is 68.4. The van der Waals surface area contributed by atoms with Crippen LogP contribution in [0.25, 0.3) is 0 Å². The highest BCUT2D eigenvalue weighted by Crippen LogP contribution is 2.45. The third kappa shape index (κ3) is 69.0. The van der Waals surface area contributed by atoms with E-state index in [0.717, 1.165) is 161 Å². The van der Waals surface area contributed by atoms with Crippen molar-refractivity contribution >= 4 is 39.5 Å². The number of allylic oxidation sites excluding steroid dienone is 12. The highest BCUT2D eigenvalue weighted by Gasteiger charge is 2.30. The largest absolute Gasteiger partial charge is 0.472 e. The van der Waals surface area contributed by atoms with Crippen molar-refractivity contribution in [1.82, 2.24) is 0 Å². The summed E-state index contributed by atoms with van der Waals surface area (Å²) in [6, 6.07) is 0. The van der Waals surface area contributed by atoms with Gasteiger partial charge in [-0.25, -0.2) is 9.13 Å². The molecule has 0 radical (unpaired) electrons. The van der Waals surface area contributed by atoms with Gasteiger partial charge in [-0.15, -0.1) is 0 Å². The number of esters is 4. The molecule has 0 rings (SSSR count). The fraction of sp³-hybridized carbons (Fsp3) is 0.792. The van der Waals surface area contributed by atoms with Gasteiger partial charge in [-0.3, -0.25) is 37.3 Å². The zero-order valence-electron chi connectivity index (χ0n) is 60.8. The van der Waals surface area contributed by atoms with Crippen LogP contribution in [-0.4, -0.2) is 96.7 Å². The minimum absolute atomic E-state index is 0.0775. The molecule has 5 atom stereocenters. The first-order valence-corrected chi connectivity index (χ1v) is 41.2. The first-order chi connectivity index (χ1) is 46.7. The van der Waals surface area contributed by atoms with Crippen LogP contribution in [0.2, 0.25) is 0 Å². The molecule has 0 fully saturated rings. The van der Waals surface area contributed by atoms with Gasteiger partial charge in [-0.1, -0.05) is 293 Å². The summed E-state index contributed by atoms with van der Waals surface area (Å²) in [6.07, 6.45) is 68.9.